The molecule has 1 fully saturated rings. The average Bonchev–Trinajstić information content (AvgIpc) is 2.40. The van der Waals surface area contributed by atoms with E-state index in [0.717, 1.165) is 25.0 Å². The van der Waals surface area contributed by atoms with Crippen molar-refractivity contribution >= 4 is 17.5 Å². The molecule has 0 spiro atoms. The fraction of sp³-hybridized carbons (Fsp3) is 0.400. The Kier molecular flexibility index (Phi) is 4.03. The molecule has 3 heteroatoms. The molecule has 0 unspecified atom stereocenters. The number of allylic oxidation sites excluding steroid dienone is 1. The van der Waals surface area contributed by atoms with Gasteiger partial charge in [0.1, 0.15) is 0 Å². The van der Waals surface area contributed by atoms with Crippen LogP contribution in [0.3, 0.4) is 0 Å². The summed E-state index contributed by atoms with van der Waals surface area (Å²) in [6, 6.07) is 8.41. The third kappa shape index (κ3) is 2.92. The second-order valence-electron chi connectivity index (χ2n) is 4.91. The Morgan fingerprint density at radius 3 is 2.39 bits per heavy atom. The van der Waals surface area contributed by atoms with Crippen LogP contribution < -0.4 is 4.90 Å². The Hall–Kier alpha value is -1.77. The van der Waals surface area contributed by atoms with Crippen molar-refractivity contribution in [3.8, 4) is 0 Å². The van der Waals surface area contributed by atoms with E-state index in [4.69, 9.17) is 5.21 Å². The summed E-state index contributed by atoms with van der Waals surface area (Å²) in [7, 11) is 4.07. The molecule has 0 bridgehead atoms. The lowest BCUT2D eigenvalue weighted by molar-refractivity contribution is 0.316. The first-order chi connectivity index (χ1) is 8.70. The van der Waals surface area contributed by atoms with Crippen molar-refractivity contribution in [3.05, 3.63) is 35.4 Å². The van der Waals surface area contributed by atoms with Gasteiger partial charge in [-0.15, -0.1) is 0 Å². The molecule has 0 aliphatic heterocycles. The maximum Gasteiger partial charge on any atom is 0.0827 e. The van der Waals surface area contributed by atoms with Gasteiger partial charge < -0.3 is 10.1 Å². The van der Waals surface area contributed by atoms with Crippen LogP contribution in [0.4, 0.5) is 5.69 Å². The van der Waals surface area contributed by atoms with Crippen LogP contribution in [0.25, 0.3) is 6.08 Å². The standard InChI is InChI=1S/C15H20N2O/c1-17(2)14-9-7-12(8-10-14)11-13-5-3-4-6-15(13)16-18/h7-11,18H,3-6H2,1-2H3. The van der Waals surface area contributed by atoms with E-state index in [0.29, 0.717) is 0 Å². The van der Waals surface area contributed by atoms with Gasteiger partial charge >= 0.3 is 0 Å². The van der Waals surface area contributed by atoms with Crippen LogP contribution in [0, 0.1) is 0 Å². The summed E-state index contributed by atoms with van der Waals surface area (Å²) < 4.78 is 0. The zero-order valence-corrected chi connectivity index (χ0v) is 11.1. The van der Waals surface area contributed by atoms with Crippen molar-refractivity contribution in [1.29, 1.82) is 0 Å². The first-order valence-electron chi connectivity index (χ1n) is 6.40. The number of rotatable bonds is 2. The normalized spacial score (nSPS) is 20.3. The molecule has 1 aromatic carbocycles. The van der Waals surface area contributed by atoms with Gasteiger partial charge in [0.25, 0.3) is 0 Å². The highest BCUT2D eigenvalue weighted by molar-refractivity contribution is 6.03. The van der Waals surface area contributed by atoms with Gasteiger partial charge in [0, 0.05) is 19.8 Å². The number of anilines is 1. The Bertz CT molecular complexity index is 458. The highest BCUT2D eigenvalue weighted by Gasteiger charge is 2.13. The van der Waals surface area contributed by atoms with E-state index in [1.165, 1.54) is 23.2 Å². The summed E-state index contributed by atoms with van der Waals surface area (Å²) in [4.78, 5) is 2.08. The first-order valence-corrected chi connectivity index (χ1v) is 6.40. The van der Waals surface area contributed by atoms with E-state index in [-0.39, 0.29) is 0 Å². The van der Waals surface area contributed by atoms with E-state index >= 15 is 0 Å². The molecule has 0 atom stereocenters. The molecular formula is C15H20N2O. The molecule has 1 aliphatic rings. The van der Waals surface area contributed by atoms with E-state index in [9.17, 15) is 0 Å². The van der Waals surface area contributed by atoms with E-state index < -0.39 is 0 Å². The summed E-state index contributed by atoms with van der Waals surface area (Å²) >= 11 is 0. The number of oxime groups is 1. The van der Waals surface area contributed by atoms with Crippen LogP contribution in [0.15, 0.2) is 35.0 Å². The predicted octanol–water partition coefficient (Wildman–Crippen LogP) is 3.54. The minimum atomic E-state index is 0.845. The molecule has 0 amide bonds. The third-order valence-electron chi connectivity index (χ3n) is 3.35. The zero-order chi connectivity index (χ0) is 13.0. The molecule has 1 N–H and O–H groups in total. The minimum Gasteiger partial charge on any atom is -0.411 e. The zero-order valence-electron chi connectivity index (χ0n) is 11.1. The van der Waals surface area contributed by atoms with Gasteiger partial charge in [-0.05, 0) is 55.0 Å². The van der Waals surface area contributed by atoms with Gasteiger partial charge in [-0.1, -0.05) is 17.3 Å². The Labute approximate surface area is 108 Å². The Morgan fingerprint density at radius 1 is 1.11 bits per heavy atom. The topological polar surface area (TPSA) is 35.8 Å². The van der Waals surface area contributed by atoms with Gasteiger partial charge in [0.2, 0.25) is 0 Å². The van der Waals surface area contributed by atoms with Crippen LogP contribution in [0.2, 0.25) is 0 Å². The molecule has 1 aromatic rings. The highest BCUT2D eigenvalue weighted by Crippen LogP contribution is 2.24. The van der Waals surface area contributed by atoms with Crippen LogP contribution in [0.5, 0.6) is 0 Å². The van der Waals surface area contributed by atoms with Crippen LogP contribution in [-0.4, -0.2) is 25.0 Å². The average molecular weight is 244 g/mol. The van der Waals surface area contributed by atoms with Crippen LogP contribution >= 0.6 is 0 Å². The van der Waals surface area contributed by atoms with Crippen molar-refractivity contribution < 1.29 is 5.21 Å². The fourth-order valence-electron chi connectivity index (χ4n) is 2.25. The Morgan fingerprint density at radius 2 is 1.78 bits per heavy atom. The monoisotopic (exact) mass is 244 g/mol. The molecular weight excluding hydrogens is 224 g/mol. The summed E-state index contributed by atoms with van der Waals surface area (Å²) in [5, 5.41) is 12.4. The van der Waals surface area contributed by atoms with Crippen molar-refractivity contribution in [2.24, 2.45) is 5.16 Å². The quantitative estimate of drug-likeness (QED) is 0.638. The summed E-state index contributed by atoms with van der Waals surface area (Å²) in [6.45, 7) is 0. The van der Waals surface area contributed by atoms with Gasteiger partial charge in [-0.25, -0.2) is 0 Å². The van der Waals surface area contributed by atoms with Gasteiger partial charge in [0.15, 0.2) is 0 Å². The summed E-state index contributed by atoms with van der Waals surface area (Å²) in [5.74, 6) is 0. The SMILES string of the molecule is CN(C)c1ccc(C=C2CCCCC2=NO)cc1. The van der Waals surface area contributed by atoms with E-state index in [1.807, 2.05) is 14.1 Å². The molecule has 1 saturated carbocycles. The molecule has 0 radical (unpaired) electrons. The number of hydrogen-bond donors (Lipinski definition) is 1. The highest BCUT2D eigenvalue weighted by atomic mass is 16.4. The second kappa shape index (κ2) is 5.71. The van der Waals surface area contributed by atoms with Crippen LogP contribution in [0.1, 0.15) is 31.2 Å². The van der Waals surface area contributed by atoms with Crippen LogP contribution in [-0.2, 0) is 0 Å². The molecule has 0 heterocycles. The van der Waals surface area contributed by atoms with E-state index in [2.05, 4.69) is 40.4 Å². The molecule has 96 valence electrons. The van der Waals surface area contributed by atoms with Crippen molar-refractivity contribution in [3.63, 3.8) is 0 Å². The molecule has 0 saturated heterocycles. The molecule has 1 aliphatic carbocycles. The lowest BCUT2D eigenvalue weighted by Gasteiger charge is -2.16. The number of hydrogen-bond acceptors (Lipinski definition) is 3. The minimum absolute atomic E-state index is 0.845. The van der Waals surface area contributed by atoms with Gasteiger partial charge in [-0.3, -0.25) is 0 Å². The maximum atomic E-state index is 9.00. The largest absolute Gasteiger partial charge is 0.411 e. The number of benzene rings is 1. The molecule has 2 rings (SSSR count). The second-order valence-corrected chi connectivity index (χ2v) is 4.91. The predicted molar refractivity (Wildman–Crippen MR) is 76.4 cm³/mol. The molecule has 18 heavy (non-hydrogen) atoms. The third-order valence-corrected chi connectivity index (χ3v) is 3.35. The van der Waals surface area contributed by atoms with E-state index in [1.54, 1.807) is 0 Å². The van der Waals surface area contributed by atoms with Crippen molar-refractivity contribution in [2.45, 2.75) is 25.7 Å². The fourth-order valence-corrected chi connectivity index (χ4v) is 2.25. The summed E-state index contributed by atoms with van der Waals surface area (Å²) in [6.07, 6.45) is 6.33. The lowest BCUT2D eigenvalue weighted by atomic mass is 9.91. The summed E-state index contributed by atoms with van der Waals surface area (Å²) in [5.41, 5.74) is 4.37. The molecule has 0 aromatic heterocycles. The lowest BCUT2D eigenvalue weighted by Crippen LogP contribution is -2.09. The van der Waals surface area contributed by atoms with Crippen molar-refractivity contribution in [1.82, 2.24) is 0 Å². The number of nitrogens with zero attached hydrogens (tertiary/aromatic N) is 2. The maximum absolute atomic E-state index is 9.00. The van der Waals surface area contributed by atoms with Crippen molar-refractivity contribution in [2.75, 3.05) is 19.0 Å². The Balaban J connectivity index is 2.21. The van der Waals surface area contributed by atoms with Gasteiger partial charge in [-0.2, -0.15) is 0 Å². The van der Waals surface area contributed by atoms with Gasteiger partial charge in [0.05, 0.1) is 5.71 Å². The molecule has 3 nitrogen and oxygen atoms in total. The smallest absolute Gasteiger partial charge is 0.0827 e. The first kappa shape index (κ1) is 12.7.